The van der Waals surface area contributed by atoms with Crippen molar-refractivity contribution in [2.24, 2.45) is 0 Å². The van der Waals surface area contributed by atoms with E-state index in [9.17, 15) is 13.2 Å². The molecular formula is C6H11ClF3NO2. The van der Waals surface area contributed by atoms with E-state index in [4.69, 9.17) is 5.11 Å². The van der Waals surface area contributed by atoms with Gasteiger partial charge in [-0.2, -0.15) is 13.2 Å². The van der Waals surface area contributed by atoms with Gasteiger partial charge < -0.3 is 15.2 Å². The summed E-state index contributed by atoms with van der Waals surface area (Å²) in [5.74, 6) is 0. The molecule has 0 spiro atoms. The van der Waals surface area contributed by atoms with Gasteiger partial charge in [-0.05, 0) is 0 Å². The average molecular weight is 222 g/mol. The molecule has 1 heterocycles. The summed E-state index contributed by atoms with van der Waals surface area (Å²) >= 11 is 0. The number of aliphatic hydroxyl groups is 1. The number of β-amino-alcohol motifs (C(OH)–C–C–N with tert-alkyl or cyclic N) is 1. The van der Waals surface area contributed by atoms with Crippen LogP contribution in [0.5, 0.6) is 0 Å². The van der Waals surface area contributed by atoms with Gasteiger partial charge in [-0.15, -0.1) is 12.4 Å². The van der Waals surface area contributed by atoms with E-state index in [0.717, 1.165) is 0 Å². The number of halogens is 4. The van der Waals surface area contributed by atoms with Crippen molar-refractivity contribution >= 4 is 12.4 Å². The molecule has 2 N–H and O–H groups in total. The largest absolute Gasteiger partial charge is 0.420 e. The standard InChI is InChI=1S/C6H10F3NO2.ClH/c7-6(8,9)5(11)3-10-1-2-12-4-5;/h10-11H,1-4H2;1H. The van der Waals surface area contributed by atoms with Crippen molar-refractivity contribution in [3.63, 3.8) is 0 Å². The molecule has 0 saturated carbocycles. The highest BCUT2D eigenvalue weighted by molar-refractivity contribution is 5.85. The highest BCUT2D eigenvalue weighted by atomic mass is 35.5. The van der Waals surface area contributed by atoms with Crippen molar-refractivity contribution in [2.45, 2.75) is 11.8 Å². The molecule has 0 radical (unpaired) electrons. The van der Waals surface area contributed by atoms with Crippen LogP contribution >= 0.6 is 12.4 Å². The topological polar surface area (TPSA) is 41.5 Å². The van der Waals surface area contributed by atoms with Gasteiger partial charge in [0.25, 0.3) is 0 Å². The Hall–Kier alpha value is -0.0400. The Labute approximate surface area is 79.7 Å². The molecule has 0 aromatic rings. The minimum Gasteiger partial charge on any atom is -0.378 e. The summed E-state index contributed by atoms with van der Waals surface area (Å²) in [4.78, 5) is 0. The zero-order valence-corrected chi connectivity index (χ0v) is 7.54. The van der Waals surface area contributed by atoms with Crippen molar-refractivity contribution in [2.75, 3.05) is 26.3 Å². The van der Waals surface area contributed by atoms with Crippen LogP contribution in [-0.4, -0.2) is 43.2 Å². The number of hydrogen-bond donors (Lipinski definition) is 2. The van der Waals surface area contributed by atoms with Crippen LogP contribution in [0, 0.1) is 0 Å². The van der Waals surface area contributed by atoms with Crippen LogP contribution in [0.2, 0.25) is 0 Å². The van der Waals surface area contributed by atoms with Crippen molar-refractivity contribution in [3.05, 3.63) is 0 Å². The van der Waals surface area contributed by atoms with E-state index in [1.807, 2.05) is 0 Å². The van der Waals surface area contributed by atoms with E-state index >= 15 is 0 Å². The zero-order valence-electron chi connectivity index (χ0n) is 6.73. The molecule has 0 aromatic carbocycles. The molecule has 1 unspecified atom stereocenters. The lowest BCUT2D eigenvalue weighted by Crippen LogP contribution is -2.54. The van der Waals surface area contributed by atoms with Crippen LogP contribution in [-0.2, 0) is 4.74 Å². The Morgan fingerprint density at radius 2 is 2.00 bits per heavy atom. The summed E-state index contributed by atoms with van der Waals surface area (Å²) in [7, 11) is 0. The summed E-state index contributed by atoms with van der Waals surface area (Å²) in [6, 6.07) is 0. The first-order chi connectivity index (χ1) is 5.46. The number of hydrogen-bond acceptors (Lipinski definition) is 3. The van der Waals surface area contributed by atoms with Gasteiger partial charge in [0.1, 0.15) is 0 Å². The normalized spacial score (nSPS) is 30.5. The van der Waals surface area contributed by atoms with Gasteiger partial charge in [0.2, 0.25) is 0 Å². The predicted molar refractivity (Wildman–Crippen MR) is 41.9 cm³/mol. The Kier molecular flexibility index (Phi) is 4.44. The SMILES string of the molecule is Cl.OC1(C(F)(F)F)CNCCOC1. The molecule has 1 saturated heterocycles. The van der Waals surface area contributed by atoms with Gasteiger partial charge in [-0.25, -0.2) is 0 Å². The fraction of sp³-hybridized carbons (Fsp3) is 1.00. The molecule has 0 aromatic heterocycles. The summed E-state index contributed by atoms with van der Waals surface area (Å²) < 4.78 is 41.0. The van der Waals surface area contributed by atoms with Crippen LogP contribution in [0.1, 0.15) is 0 Å². The third-order valence-corrected chi connectivity index (χ3v) is 1.71. The Morgan fingerprint density at radius 3 is 2.54 bits per heavy atom. The fourth-order valence-corrected chi connectivity index (χ4v) is 0.914. The highest BCUT2D eigenvalue weighted by Gasteiger charge is 2.54. The molecule has 0 aliphatic carbocycles. The van der Waals surface area contributed by atoms with Crippen molar-refractivity contribution < 1.29 is 23.0 Å². The van der Waals surface area contributed by atoms with Gasteiger partial charge in [0.15, 0.2) is 5.60 Å². The smallest absolute Gasteiger partial charge is 0.378 e. The molecule has 1 rings (SSSR count). The van der Waals surface area contributed by atoms with Gasteiger partial charge in [-0.3, -0.25) is 0 Å². The molecule has 1 aliphatic heterocycles. The van der Waals surface area contributed by atoms with Gasteiger partial charge in [0.05, 0.1) is 13.2 Å². The van der Waals surface area contributed by atoms with Crippen LogP contribution in [0.3, 0.4) is 0 Å². The maximum atomic E-state index is 12.1. The lowest BCUT2D eigenvalue weighted by molar-refractivity contribution is -0.268. The zero-order chi connectivity index (χ0) is 9.24. The Balaban J connectivity index is 0.00000144. The first-order valence-corrected chi connectivity index (χ1v) is 3.53. The Bertz CT molecular complexity index is 156. The lowest BCUT2D eigenvalue weighted by Gasteiger charge is -2.27. The molecule has 80 valence electrons. The summed E-state index contributed by atoms with van der Waals surface area (Å²) in [5, 5.41) is 11.5. The molecule has 13 heavy (non-hydrogen) atoms. The van der Waals surface area contributed by atoms with E-state index in [0.29, 0.717) is 6.54 Å². The van der Waals surface area contributed by atoms with Crippen molar-refractivity contribution in [3.8, 4) is 0 Å². The van der Waals surface area contributed by atoms with E-state index < -0.39 is 24.9 Å². The second-order valence-corrected chi connectivity index (χ2v) is 2.76. The second kappa shape index (κ2) is 4.45. The molecule has 3 nitrogen and oxygen atoms in total. The van der Waals surface area contributed by atoms with E-state index in [1.165, 1.54) is 0 Å². The fourth-order valence-electron chi connectivity index (χ4n) is 0.914. The molecule has 1 aliphatic rings. The third kappa shape index (κ3) is 2.98. The molecule has 1 fully saturated rings. The first kappa shape index (κ1) is 13.0. The van der Waals surface area contributed by atoms with Crippen molar-refractivity contribution in [1.29, 1.82) is 0 Å². The summed E-state index contributed by atoms with van der Waals surface area (Å²) in [6.07, 6.45) is -4.63. The number of ether oxygens (including phenoxy) is 1. The summed E-state index contributed by atoms with van der Waals surface area (Å²) in [6.45, 7) is -0.670. The quantitative estimate of drug-likeness (QED) is 0.619. The highest BCUT2D eigenvalue weighted by Crippen LogP contribution is 2.30. The molecular weight excluding hydrogens is 211 g/mol. The first-order valence-electron chi connectivity index (χ1n) is 3.53. The Morgan fingerprint density at radius 1 is 1.38 bits per heavy atom. The third-order valence-electron chi connectivity index (χ3n) is 1.71. The van der Waals surface area contributed by atoms with Gasteiger partial charge in [0, 0.05) is 13.1 Å². The van der Waals surface area contributed by atoms with E-state index in [1.54, 1.807) is 0 Å². The molecule has 1 atom stereocenters. The minimum absolute atomic E-state index is 0. The summed E-state index contributed by atoms with van der Waals surface area (Å²) in [5.41, 5.74) is -2.73. The van der Waals surface area contributed by atoms with Crippen molar-refractivity contribution in [1.82, 2.24) is 5.32 Å². The maximum Gasteiger partial charge on any atom is 0.420 e. The lowest BCUT2D eigenvalue weighted by atomic mass is 10.1. The van der Waals surface area contributed by atoms with Crippen LogP contribution in [0.25, 0.3) is 0 Å². The number of rotatable bonds is 0. The molecule has 0 amide bonds. The van der Waals surface area contributed by atoms with Gasteiger partial charge in [-0.1, -0.05) is 0 Å². The van der Waals surface area contributed by atoms with E-state index in [-0.39, 0.29) is 19.0 Å². The predicted octanol–water partition coefficient (Wildman–Crippen LogP) is 0.321. The molecule has 7 heteroatoms. The van der Waals surface area contributed by atoms with Gasteiger partial charge >= 0.3 is 6.18 Å². The monoisotopic (exact) mass is 221 g/mol. The van der Waals surface area contributed by atoms with Crippen LogP contribution in [0.4, 0.5) is 13.2 Å². The number of nitrogens with one attached hydrogen (secondary N) is 1. The minimum atomic E-state index is -4.63. The number of alkyl halides is 3. The van der Waals surface area contributed by atoms with Crippen LogP contribution < -0.4 is 5.32 Å². The van der Waals surface area contributed by atoms with E-state index in [2.05, 4.69) is 10.1 Å². The molecule has 0 bridgehead atoms. The van der Waals surface area contributed by atoms with Crippen LogP contribution in [0.15, 0.2) is 0 Å². The second-order valence-electron chi connectivity index (χ2n) is 2.76. The average Bonchev–Trinajstić information content (AvgIpc) is 2.12. The maximum absolute atomic E-state index is 12.1.